The van der Waals surface area contributed by atoms with Gasteiger partial charge in [0.25, 0.3) is 10.0 Å². The van der Waals surface area contributed by atoms with Gasteiger partial charge in [0.05, 0.1) is 10.7 Å². The summed E-state index contributed by atoms with van der Waals surface area (Å²) < 4.78 is 40.7. The summed E-state index contributed by atoms with van der Waals surface area (Å²) in [5.41, 5.74) is 1.24. The maximum Gasteiger partial charge on any atom is 0.263 e. The maximum atomic E-state index is 13.2. The Labute approximate surface area is 130 Å². The van der Waals surface area contributed by atoms with Crippen LogP contribution in [0, 0.1) is 12.7 Å². The molecule has 2 rings (SSSR count). The lowest BCUT2D eigenvalue weighted by Crippen LogP contribution is -2.14. The van der Waals surface area contributed by atoms with Crippen LogP contribution >= 0.6 is 27.5 Å². The van der Waals surface area contributed by atoms with Gasteiger partial charge in [-0.15, -0.1) is 0 Å². The van der Waals surface area contributed by atoms with E-state index in [2.05, 4.69) is 20.7 Å². The second kappa shape index (κ2) is 5.71. The van der Waals surface area contributed by atoms with E-state index in [-0.39, 0.29) is 9.92 Å². The molecule has 0 bridgehead atoms. The first-order valence-corrected chi connectivity index (χ1v) is 8.19. The van der Waals surface area contributed by atoms with Crippen LogP contribution in [0.25, 0.3) is 0 Å². The predicted molar refractivity (Wildman–Crippen MR) is 81.1 cm³/mol. The van der Waals surface area contributed by atoms with Crippen LogP contribution in [0.2, 0.25) is 5.02 Å². The number of halogens is 3. The molecule has 106 valence electrons. The average molecular weight is 379 g/mol. The Hall–Kier alpha value is -1.11. The average Bonchev–Trinajstić information content (AvgIpc) is 2.37. The minimum atomic E-state index is -3.96. The van der Waals surface area contributed by atoms with Gasteiger partial charge < -0.3 is 0 Å². The third kappa shape index (κ3) is 3.13. The third-order valence-corrected chi connectivity index (χ3v) is 5.52. The van der Waals surface area contributed by atoms with Crippen molar-refractivity contribution in [2.45, 2.75) is 11.8 Å². The molecule has 0 radical (unpaired) electrons. The molecule has 20 heavy (non-hydrogen) atoms. The maximum absolute atomic E-state index is 13.2. The lowest BCUT2D eigenvalue weighted by atomic mass is 10.2. The quantitative estimate of drug-likeness (QED) is 0.863. The highest BCUT2D eigenvalue weighted by Crippen LogP contribution is 2.30. The van der Waals surface area contributed by atoms with Crippen LogP contribution in [0.15, 0.2) is 45.8 Å². The molecule has 0 aliphatic heterocycles. The summed E-state index contributed by atoms with van der Waals surface area (Å²) in [5.74, 6) is -0.668. The first-order chi connectivity index (χ1) is 9.31. The van der Waals surface area contributed by atoms with E-state index in [1.54, 1.807) is 12.1 Å². The Bertz CT molecular complexity index is 765. The van der Waals surface area contributed by atoms with Crippen LogP contribution in [-0.2, 0) is 10.0 Å². The van der Waals surface area contributed by atoms with E-state index in [0.717, 1.165) is 17.7 Å². The largest absolute Gasteiger partial charge is 0.278 e. The van der Waals surface area contributed by atoms with Crippen LogP contribution in [0.5, 0.6) is 0 Å². The van der Waals surface area contributed by atoms with Crippen LogP contribution in [0.3, 0.4) is 0 Å². The van der Waals surface area contributed by atoms with Gasteiger partial charge in [0.1, 0.15) is 10.7 Å². The summed E-state index contributed by atoms with van der Waals surface area (Å²) in [7, 11) is -3.96. The number of rotatable bonds is 3. The summed E-state index contributed by atoms with van der Waals surface area (Å²) in [6.45, 7) is 1.83. The van der Waals surface area contributed by atoms with Gasteiger partial charge in [0.15, 0.2) is 0 Å². The van der Waals surface area contributed by atoms with E-state index in [4.69, 9.17) is 11.6 Å². The highest BCUT2D eigenvalue weighted by atomic mass is 79.9. The fourth-order valence-electron chi connectivity index (χ4n) is 1.61. The summed E-state index contributed by atoms with van der Waals surface area (Å²) >= 11 is 9.12. The number of nitrogens with one attached hydrogen (secondary N) is 1. The number of aryl methyl sites for hydroxylation is 1. The van der Waals surface area contributed by atoms with Gasteiger partial charge in [-0.3, -0.25) is 4.72 Å². The van der Waals surface area contributed by atoms with Crippen molar-refractivity contribution in [3.8, 4) is 0 Å². The SMILES string of the molecule is Cc1cccc(NS(=O)(=O)c2cc(F)ccc2Cl)c1Br. The molecular formula is C13H10BrClFNO2S. The fraction of sp³-hybridized carbons (Fsp3) is 0.0769. The van der Waals surface area contributed by atoms with E-state index >= 15 is 0 Å². The minimum absolute atomic E-state index is 0.0392. The topological polar surface area (TPSA) is 46.2 Å². The van der Waals surface area contributed by atoms with Crippen molar-refractivity contribution in [2.24, 2.45) is 0 Å². The molecule has 0 aromatic heterocycles. The summed E-state index contributed by atoms with van der Waals surface area (Å²) in [6.07, 6.45) is 0. The molecule has 2 aromatic rings. The number of benzene rings is 2. The molecule has 7 heteroatoms. The van der Waals surface area contributed by atoms with Crippen molar-refractivity contribution in [2.75, 3.05) is 4.72 Å². The van der Waals surface area contributed by atoms with Crippen LogP contribution < -0.4 is 4.72 Å². The summed E-state index contributed by atoms with van der Waals surface area (Å²) in [5, 5.41) is -0.0392. The second-order valence-electron chi connectivity index (χ2n) is 4.12. The van der Waals surface area contributed by atoms with Gasteiger partial charge in [-0.2, -0.15) is 0 Å². The Kier molecular flexibility index (Phi) is 4.36. The van der Waals surface area contributed by atoms with E-state index < -0.39 is 15.8 Å². The molecule has 1 N–H and O–H groups in total. The molecule has 0 fully saturated rings. The van der Waals surface area contributed by atoms with E-state index in [1.165, 1.54) is 6.07 Å². The smallest absolute Gasteiger partial charge is 0.263 e. The number of sulfonamides is 1. The standard InChI is InChI=1S/C13H10BrClFNO2S/c1-8-3-2-4-11(13(8)14)17-20(18,19)12-7-9(16)5-6-10(12)15/h2-7,17H,1H3. The first-order valence-electron chi connectivity index (χ1n) is 5.54. The highest BCUT2D eigenvalue weighted by Gasteiger charge is 2.20. The van der Waals surface area contributed by atoms with Crippen LogP contribution in [-0.4, -0.2) is 8.42 Å². The molecule has 0 aliphatic carbocycles. The molecule has 0 saturated heterocycles. The molecule has 0 amide bonds. The predicted octanol–water partition coefficient (Wildman–Crippen LogP) is 4.35. The Morgan fingerprint density at radius 1 is 1.25 bits per heavy atom. The molecule has 3 nitrogen and oxygen atoms in total. The van der Waals surface area contributed by atoms with Gasteiger partial charge in [0.2, 0.25) is 0 Å². The van der Waals surface area contributed by atoms with E-state index in [0.29, 0.717) is 10.2 Å². The van der Waals surface area contributed by atoms with E-state index in [1.807, 2.05) is 13.0 Å². The highest BCUT2D eigenvalue weighted by molar-refractivity contribution is 9.10. The van der Waals surface area contributed by atoms with Crippen molar-refractivity contribution < 1.29 is 12.8 Å². The second-order valence-corrected chi connectivity index (χ2v) is 6.97. The molecule has 0 aliphatic rings. The molecule has 0 unspecified atom stereocenters. The van der Waals surface area contributed by atoms with Gasteiger partial charge >= 0.3 is 0 Å². The zero-order valence-corrected chi connectivity index (χ0v) is 13.5. The summed E-state index contributed by atoms with van der Waals surface area (Å²) in [4.78, 5) is -0.299. The first kappa shape index (κ1) is 15.3. The van der Waals surface area contributed by atoms with Crippen molar-refractivity contribution in [3.63, 3.8) is 0 Å². The Balaban J connectivity index is 2.46. The van der Waals surface area contributed by atoms with Crippen molar-refractivity contribution in [1.82, 2.24) is 0 Å². The lowest BCUT2D eigenvalue weighted by Gasteiger charge is -2.12. The van der Waals surface area contributed by atoms with Gasteiger partial charge in [-0.05, 0) is 52.7 Å². The zero-order chi connectivity index (χ0) is 14.9. The third-order valence-electron chi connectivity index (χ3n) is 2.62. The molecule has 0 spiro atoms. The van der Waals surface area contributed by atoms with Gasteiger partial charge in [-0.25, -0.2) is 12.8 Å². The van der Waals surface area contributed by atoms with Crippen molar-refractivity contribution in [3.05, 3.63) is 57.3 Å². The molecule has 2 aromatic carbocycles. The number of hydrogen-bond donors (Lipinski definition) is 1. The molecule has 0 atom stereocenters. The summed E-state index contributed by atoms with van der Waals surface area (Å²) in [6, 6.07) is 8.33. The Morgan fingerprint density at radius 2 is 1.95 bits per heavy atom. The van der Waals surface area contributed by atoms with Crippen molar-refractivity contribution >= 4 is 43.2 Å². The fourth-order valence-corrected chi connectivity index (χ4v) is 3.69. The normalized spacial score (nSPS) is 11.4. The minimum Gasteiger partial charge on any atom is -0.278 e. The number of anilines is 1. The number of hydrogen-bond acceptors (Lipinski definition) is 2. The van der Waals surface area contributed by atoms with Gasteiger partial charge in [0, 0.05) is 4.47 Å². The Morgan fingerprint density at radius 3 is 2.65 bits per heavy atom. The van der Waals surface area contributed by atoms with Crippen molar-refractivity contribution in [1.29, 1.82) is 0 Å². The molecule has 0 heterocycles. The monoisotopic (exact) mass is 377 g/mol. The molecule has 0 saturated carbocycles. The zero-order valence-electron chi connectivity index (χ0n) is 10.3. The lowest BCUT2D eigenvalue weighted by molar-refractivity contribution is 0.595. The molecular weight excluding hydrogens is 369 g/mol. The van der Waals surface area contributed by atoms with Crippen LogP contribution in [0.1, 0.15) is 5.56 Å². The van der Waals surface area contributed by atoms with Crippen LogP contribution in [0.4, 0.5) is 10.1 Å². The van der Waals surface area contributed by atoms with Gasteiger partial charge in [-0.1, -0.05) is 23.7 Å². The van der Waals surface area contributed by atoms with E-state index in [9.17, 15) is 12.8 Å².